The highest BCUT2D eigenvalue weighted by molar-refractivity contribution is 5.73. The molecule has 11 heavy (non-hydrogen) atoms. The van der Waals surface area contributed by atoms with Gasteiger partial charge in [-0.2, -0.15) is 0 Å². The smallest absolute Gasteiger partial charge is 0.306 e. The normalized spacial score (nSPS) is 20.8. The predicted molar refractivity (Wildman–Crippen MR) is 42.9 cm³/mol. The molecule has 0 aliphatic heterocycles. The molecule has 0 spiro atoms. The minimum absolute atomic E-state index is 0.155. The molecule has 0 heterocycles. The lowest BCUT2D eigenvalue weighted by atomic mass is 10.1. The second-order valence-electron chi connectivity index (χ2n) is 3.10. The number of carbonyl (C=O) groups excluding carboxylic acids is 1. The Hall–Kier alpha value is -0.530. The topological polar surface area (TPSA) is 26.3 Å². The largest absolute Gasteiger partial charge is 0.462 e. The molecule has 63 valence electrons. The van der Waals surface area contributed by atoms with Crippen molar-refractivity contribution in [1.29, 1.82) is 0 Å². The quantitative estimate of drug-likeness (QED) is 0.428. The summed E-state index contributed by atoms with van der Waals surface area (Å²) < 4.78 is 5.02. The van der Waals surface area contributed by atoms with Crippen molar-refractivity contribution >= 4 is 5.97 Å². The summed E-state index contributed by atoms with van der Waals surface area (Å²) >= 11 is 0. The molecule has 0 aromatic rings. The van der Waals surface area contributed by atoms with Crippen LogP contribution < -0.4 is 0 Å². The zero-order chi connectivity index (χ0) is 8.10. The van der Waals surface area contributed by atoms with Crippen LogP contribution in [0.25, 0.3) is 0 Å². The monoisotopic (exact) mass is 155 g/mol. The van der Waals surface area contributed by atoms with Gasteiger partial charge >= 0.3 is 5.97 Å². The first-order valence-corrected chi connectivity index (χ1v) is 4.31. The van der Waals surface area contributed by atoms with Gasteiger partial charge in [-0.15, -0.1) is 0 Å². The number of hydrogen-bond acceptors (Lipinski definition) is 2. The van der Waals surface area contributed by atoms with Crippen LogP contribution >= 0.6 is 0 Å². The molecule has 2 heteroatoms. The highest BCUT2D eigenvalue weighted by Crippen LogP contribution is 2.19. The second kappa shape index (κ2) is 4.37. The summed E-state index contributed by atoms with van der Waals surface area (Å²) in [5, 5.41) is 0. The van der Waals surface area contributed by atoms with Crippen LogP contribution in [0.15, 0.2) is 0 Å². The molecule has 0 amide bonds. The minimum Gasteiger partial charge on any atom is -0.462 e. The Bertz CT molecular complexity index is 124. The predicted octanol–water partition coefficient (Wildman–Crippen LogP) is 2.09. The van der Waals surface area contributed by atoms with E-state index in [1.807, 2.05) is 0 Å². The van der Waals surface area contributed by atoms with Crippen LogP contribution in [0.3, 0.4) is 0 Å². The lowest BCUT2D eigenvalue weighted by Gasteiger charge is -2.12. The highest BCUT2D eigenvalue weighted by Gasteiger charge is 2.13. The second-order valence-corrected chi connectivity index (χ2v) is 3.10. The van der Waals surface area contributed by atoms with Crippen LogP contribution in [0.5, 0.6) is 0 Å². The number of esters is 1. The van der Waals surface area contributed by atoms with E-state index in [9.17, 15) is 4.79 Å². The molecule has 1 radical (unpaired) electrons. The lowest BCUT2D eigenvalue weighted by molar-refractivity contribution is -0.143. The van der Waals surface area contributed by atoms with Crippen molar-refractivity contribution in [1.82, 2.24) is 0 Å². The van der Waals surface area contributed by atoms with Gasteiger partial charge in [0.05, 0.1) is 6.92 Å². The first kappa shape index (κ1) is 8.57. The van der Waals surface area contributed by atoms with E-state index in [0.717, 1.165) is 12.8 Å². The summed E-state index contributed by atoms with van der Waals surface area (Å²) in [7, 11) is 0. The fourth-order valence-corrected chi connectivity index (χ4v) is 1.55. The van der Waals surface area contributed by atoms with Crippen molar-refractivity contribution in [3.05, 3.63) is 6.92 Å². The average molecular weight is 155 g/mol. The molecule has 0 aromatic carbocycles. The highest BCUT2D eigenvalue weighted by atomic mass is 16.5. The van der Waals surface area contributed by atoms with Crippen molar-refractivity contribution in [2.24, 2.45) is 0 Å². The Balaban J connectivity index is 2.25. The van der Waals surface area contributed by atoms with Gasteiger partial charge in [-0.3, -0.25) is 4.79 Å². The van der Waals surface area contributed by atoms with Crippen molar-refractivity contribution in [3.63, 3.8) is 0 Å². The summed E-state index contributed by atoms with van der Waals surface area (Å²) in [6, 6.07) is 0. The molecule has 1 aliphatic carbocycles. The molecule has 1 aliphatic rings. The van der Waals surface area contributed by atoms with Crippen LogP contribution in [0.4, 0.5) is 0 Å². The van der Waals surface area contributed by atoms with Crippen LogP contribution in [0.2, 0.25) is 0 Å². The molecule has 0 unspecified atom stereocenters. The Kier molecular flexibility index (Phi) is 3.40. The van der Waals surface area contributed by atoms with Gasteiger partial charge < -0.3 is 4.74 Å². The van der Waals surface area contributed by atoms with Gasteiger partial charge in [0.2, 0.25) is 0 Å². The third-order valence-corrected chi connectivity index (χ3v) is 2.10. The fraction of sp³-hybridized carbons (Fsp3) is 0.778. The Morgan fingerprint density at radius 3 is 2.18 bits per heavy atom. The van der Waals surface area contributed by atoms with E-state index >= 15 is 0 Å². The van der Waals surface area contributed by atoms with Crippen LogP contribution in [0, 0.1) is 6.92 Å². The fourth-order valence-electron chi connectivity index (χ4n) is 1.55. The number of carbonyl (C=O) groups is 1. The summed E-state index contributed by atoms with van der Waals surface area (Å²) in [5.74, 6) is -0.378. The maximum Gasteiger partial charge on any atom is 0.306 e. The van der Waals surface area contributed by atoms with E-state index in [2.05, 4.69) is 6.92 Å². The Morgan fingerprint density at radius 2 is 1.73 bits per heavy atom. The van der Waals surface area contributed by atoms with Gasteiger partial charge in [0.1, 0.15) is 6.10 Å². The zero-order valence-electron chi connectivity index (χ0n) is 6.84. The first-order chi connectivity index (χ1) is 5.29. The molecule has 0 N–H and O–H groups in total. The molecule has 0 bridgehead atoms. The van der Waals surface area contributed by atoms with E-state index in [4.69, 9.17) is 4.74 Å². The van der Waals surface area contributed by atoms with Crippen molar-refractivity contribution < 1.29 is 9.53 Å². The van der Waals surface area contributed by atoms with Crippen LogP contribution in [-0.2, 0) is 9.53 Å². The number of ether oxygens (including phenoxy) is 1. The Morgan fingerprint density at radius 1 is 1.18 bits per heavy atom. The summed E-state index contributed by atoms with van der Waals surface area (Å²) in [5.41, 5.74) is 0. The molecule has 1 fully saturated rings. The van der Waals surface area contributed by atoms with Gasteiger partial charge in [-0.25, -0.2) is 0 Å². The molecular formula is C9H15O2. The summed E-state index contributed by atoms with van der Waals surface area (Å²) in [6.07, 6.45) is 7.16. The van der Waals surface area contributed by atoms with E-state index in [-0.39, 0.29) is 12.1 Å². The molecule has 0 aromatic heterocycles. The molecular weight excluding hydrogens is 140 g/mol. The van der Waals surface area contributed by atoms with Gasteiger partial charge in [0.25, 0.3) is 0 Å². The van der Waals surface area contributed by atoms with Gasteiger partial charge in [0.15, 0.2) is 0 Å². The van der Waals surface area contributed by atoms with Crippen molar-refractivity contribution in [3.8, 4) is 0 Å². The van der Waals surface area contributed by atoms with E-state index in [1.165, 1.54) is 25.7 Å². The SMILES string of the molecule is [CH2]C(=O)OC1CCCCCC1. The van der Waals surface area contributed by atoms with E-state index in [0.29, 0.717) is 0 Å². The average Bonchev–Trinajstić information content (AvgIpc) is 2.14. The van der Waals surface area contributed by atoms with Crippen molar-refractivity contribution in [2.75, 3.05) is 0 Å². The maximum atomic E-state index is 10.5. The van der Waals surface area contributed by atoms with Crippen LogP contribution in [0.1, 0.15) is 38.5 Å². The first-order valence-electron chi connectivity index (χ1n) is 4.31. The van der Waals surface area contributed by atoms with Crippen molar-refractivity contribution in [2.45, 2.75) is 44.6 Å². The van der Waals surface area contributed by atoms with Crippen LogP contribution in [-0.4, -0.2) is 12.1 Å². The third-order valence-electron chi connectivity index (χ3n) is 2.10. The third kappa shape index (κ3) is 3.40. The van der Waals surface area contributed by atoms with E-state index < -0.39 is 0 Å². The Labute approximate surface area is 67.9 Å². The summed E-state index contributed by atoms with van der Waals surface area (Å²) in [6.45, 7) is 3.20. The number of rotatable bonds is 1. The molecule has 2 nitrogen and oxygen atoms in total. The van der Waals surface area contributed by atoms with E-state index in [1.54, 1.807) is 0 Å². The summed E-state index contributed by atoms with van der Waals surface area (Å²) in [4.78, 5) is 10.5. The van der Waals surface area contributed by atoms with Gasteiger partial charge in [0, 0.05) is 0 Å². The lowest BCUT2D eigenvalue weighted by Crippen LogP contribution is -2.14. The molecule has 1 saturated carbocycles. The molecule has 0 atom stereocenters. The molecule has 1 rings (SSSR count). The standard InChI is InChI=1S/C9H15O2/c1-8(10)11-9-6-4-2-3-5-7-9/h9H,1-7H2. The zero-order valence-corrected chi connectivity index (χ0v) is 6.84. The van der Waals surface area contributed by atoms with Gasteiger partial charge in [-0.1, -0.05) is 12.8 Å². The maximum absolute atomic E-state index is 10.5. The minimum atomic E-state index is -0.378. The number of hydrogen-bond donors (Lipinski definition) is 0. The molecule has 0 saturated heterocycles. The van der Waals surface area contributed by atoms with Gasteiger partial charge in [-0.05, 0) is 25.7 Å².